The topological polar surface area (TPSA) is 97.0 Å². The second-order valence-corrected chi connectivity index (χ2v) is 8.90. The number of likely N-dealkylation sites (tertiary alicyclic amines) is 1. The van der Waals surface area contributed by atoms with E-state index in [1.165, 1.54) is 0 Å². The molecule has 0 radical (unpaired) electrons. The Labute approximate surface area is 190 Å². The average molecular weight is 446 g/mol. The maximum atomic E-state index is 13.3. The van der Waals surface area contributed by atoms with Gasteiger partial charge in [-0.2, -0.15) is 0 Å². The number of ether oxygens (including phenoxy) is 2. The van der Waals surface area contributed by atoms with E-state index in [0.717, 1.165) is 12.8 Å². The number of hydrogen-bond donors (Lipinski definition) is 2. The lowest BCUT2D eigenvalue weighted by molar-refractivity contribution is -0.143. The van der Waals surface area contributed by atoms with Crippen LogP contribution in [0.3, 0.4) is 0 Å². The summed E-state index contributed by atoms with van der Waals surface area (Å²) in [5.41, 5.74) is -0.578. The minimum Gasteiger partial charge on any atom is -0.484 e. The zero-order valence-electron chi connectivity index (χ0n) is 19.1. The number of hydrogen-bond acceptors (Lipinski definition) is 5. The van der Waals surface area contributed by atoms with Crippen LogP contribution >= 0.6 is 0 Å². The molecule has 32 heavy (non-hydrogen) atoms. The molecule has 1 aromatic carbocycles. The van der Waals surface area contributed by atoms with Crippen LogP contribution in [0.5, 0.6) is 5.75 Å². The molecule has 0 aromatic heterocycles. The van der Waals surface area contributed by atoms with Crippen molar-refractivity contribution >= 4 is 17.7 Å². The lowest BCUT2D eigenvalue weighted by Gasteiger charge is -2.41. The summed E-state index contributed by atoms with van der Waals surface area (Å²) in [7, 11) is 0. The summed E-state index contributed by atoms with van der Waals surface area (Å²) in [5.74, 6) is 0.270. The quantitative estimate of drug-likeness (QED) is 0.741. The Morgan fingerprint density at radius 2 is 1.81 bits per heavy atom. The fourth-order valence-electron chi connectivity index (χ4n) is 4.28. The number of benzene rings is 1. The van der Waals surface area contributed by atoms with Crippen LogP contribution < -0.4 is 15.4 Å². The first-order valence-corrected chi connectivity index (χ1v) is 11.5. The van der Waals surface area contributed by atoms with Crippen molar-refractivity contribution in [2.24, 2.45) is 5.41 Å². The van der Waals surface area contributed by atoms with Gasteiger partial charge in [0.15, 0.2) is 6.61 Å². The highest BCUT2D eigenvalue weighted by Crippen LogP contribution is 2.37. The maximum absolute atomic E-state index is 13.3. The van der Waals surface area contributed by atoms with Crippen molar-refractivity contribution in [3.8, 4) is 5.75 Å². The Kier molecular flexibility index (Phi) is 8.50. The van der Waals surface area contributed by atoms with Gasteiger partial charge in [0.05, 0.1) is 12.0 Å². The largest absolute Gasteiger partial charge is 0.484 e. The number of para-hydroxylation sites is 1. The molecule has 2 heterocycles. The fraction of sp³-hybridized carbons (Fsp3) is 0.625. The molecule has 2 aliphatic rings. The number of nitrogens with one attached hydrogen (secondary N) is 2. The van der Waals surface area contributed by atoms with Gasteiger partial charge in [-0.3, -0.25) is 14.4 Å². The van der Waals surface area contributed by atoms with Crippen LogP contribution in [0.1, 0.15) is 46.0 Å². The Bertz CT molecular complexity index is 777. The van der Waals surface area contributed by atoms with Gasteiger partial charge in [-0.1, -0.05) is 24.6 Å². The number of carbonyl (C=O) groups is 3. The summed E-state index contributed by atoms with van der Waals surface area (Å²) < 4.78 is 11.3. The molecule has 3 amide bonds. The van der Waals surface area contributed by atoms with Crippen LogP contribution in [0.2, 0.25) is 0 Å². The molecule has 1 aromatic rings. The van der Waals surface area contributed by atoms with Gasteiger partial charge in [0.2, 0.25) is 11.8 Å². The van der Waals surface area contributed by atoms with Crippen molar-refractivity contribution in [1.29, 1.82) is 0 Å². The first-order valence-electron chi connectivity index (χ1n) is 11.5. The van der Waals surface area contributed by atoms with E-state index in [4.69, 9.17) is 9.47 Å². The molecule has 2 atom stereocenters. The molecule has 2 aliphatic heterocycles. The molecule has 3 rings (SSSR count). The van der Waals surface area contributed by atoms with E-state index in [0.29, 0.717) is 51.3 Å². The third-order valence-corrected chi connectivity index (χ3v) is 6.35. The highest BCUT2D eigenvalue weighted by atomic mass is 16.5. The standard InChI is InChI=1S/C24H35N3O5/c1-18-16-31-15-7-6-10-24(23(30)26-19(2)22(29)25-18)11-13-27(14-12-24)21(28)17-32-20-8-4-3-5-9-20/h3-5,8-9,18-19H,6-7,10-17H2,1-2H3,(H,25,29)(H,26,30)/t18-,19-/m0/s1. The number of rotatable bonds is 3. The molecule has 0 bridgehead atoms. The van der Waals surface area contributed by atoms with Gasteiger partial charge in [0.1, 0.15) is 11.8 Å². The minimum atomic E-state index is -0.624. The van der Waals surface area contributed by atoms with Gasteiger partial charge < -0.3 is 25.0 Å². The molecule has 0 unspecified atom stereocenters. The van der Waals surface area contributed by atoms with Crippen LogP contribution in [-0.2, 0) is 19.1 Å². The van der Waals surface area contributed by atoms with Gasteiger partial charge in [0.25, 0.3) is 5.91 Å². The Balaban J connectivity index is 1.60. The lowest BCUT2D eigenvalue weighted by atomic mass is 9.73. The minimum absolute atomic E-state index is 0.0179. The highest BCUT2D eigenvalue weighted by Gasteiger charge is 2.42. The Morgan fingerprint density at radius 1 is 1.09 bits per heavy atom. The fourth-order valence-corrected chi connectivity index (χ4v) is 4.28. The molecule has 0 saturated carbocycles. The van der Waals surface area contributed by atoms with Crippen LogP contribution in [0, 0.1) is 5.41 Å². The van der Waals surface area contributed by atoms with Crippen molar-refractivity contribution in [1.82, 2.24) is 15.5 Å². The van der Waals surface area contributed by atoms with Crippen molar-refractivity contribution in [2.75, 3.05) is 32.9 Å². The molecule has 0 aliphatic carbocycles. The van der Waals surface area contributed by atoms with Crippen LogP contribution in [0.4, 0.5) is 0 Å². The zero-order valence-corrected chi connectivity index (χ0v) is 19.1. The zero-order chi connectivity index (χ0) is 23.0. The number of carbonyl (C=O) groups excluding carboxylic acids is 3. The van der Waals surface area contributed by atoms with Gasteiger partial charge in [-0.15, -0.1) is 0 Å². The summed E-state index contributed by atoms with van der Waals surface area (Å²) in [6.07, 6.45) is 3.58. The first-order chi connectivity index (χ1) is 15.4. The van der Waals surface area contributed by atoms with E-state index in [-0.39, 0.29) is 30.4 Å². The molecule has 2 N–H and O–H groups in total. The van der Waals surface area contributed by atoms with E-state index in [9.17, 15) is 14.4 Å². The molecule has 8 heteroatoms. The van der Waals surface area contributed by atoms with E-state index < -0.39 is 11.5 Å². The number of piperidine rings is 1. The number of nitrogens with zero attached hydrogens (tertiary/aromatic N) is 1. The molecule has 8 nitrogen and oxygen atoms in total. The van der Waals surface area contributed by atoms with Crippen molar-refractivity contribution in [3.63, 3.8) is 0 Å². The molecule has 1 spiro atoms. The molecular weight excluding hydrogens is 410 g/mol. The van der Waals surface area contributed by atoms with E-state index in [1.807, 2.05) is 37.3 Å². The summed E-state index contributed by atoms with van der Waals surface area (Å²) in [6.45, 7) is 5.64. The smallest absolute Gasteiger partial charge is 0.260 e. The SMILES string of the molecule is C[C@@H]1NC(=O)C2(CCCCOC[C@H](C)NC1=O)CCN(C(=O)COc1ccccc1)CC2. The van der Waals surface area contributed by atoms with Crippen LogP contribution in [0.15, 0.2) is 30.3 Å². The average Bonchev–Trinajstić information content (AvgIpc) is 2.80. The van der Waals surface area contributed by atoms with E-state index >= 15 is 0 Å². The van der Waals surface area contributed by atoms with Crippen LogP contribution in [-0.4, -0.2) is 67.6 Å². The monoisotopic (exact) mass is 445 g/mol. The van der Waals surface area contributed by atoms with Gasteiger partial charge in [-0.25, -0.2) is 0 Å². The van der Waals surface area contributed by atoms with Gasteiger partial charge in [-0.05, 0) is 51.7 Å². The van der Waals surface area contributed by atoms with Crippen molar-refractivity contribution in [3.05, 3.63) is 30.3 Å². The summed E-state index contributed by atoms with van der Waals surface area (Å²) in [6, 6.07) is 8.52. The Morgan fingerprint density at radius 3 is 2.53 bits per heavy atom. The lowest BCUT2D eigenvalue weighted by Crippen LogP contribution is -2.55. The van der Waals surface area contributed by atoms with Gasteiger partial charge in [0, 0.05) is 25.7 Å². The molecule has 176 valence electrons. The maximum Gasteiger partial charge on any atom is 0.260 e. The van der Waals surface area contributed by atoms with E-state index in [1.54, 1.807) is 11.8 Å². The van der Waals surface area contributed by atoms with Crippen molar-refractivity contribution in [2.45, 2.75) is 58.0 Å². The highest BCUT2D eigenvalue weighted by molar-refractivity contribution is 5.90. The third kappa shape index (κ3) is 6.45. The first kappa shape index (κ1) is 24.0. The second-order valence-electron chi connectivity index (χ2n) is 8.90. The molecular formula is C24H35N3O5. The summed E-state index contributed by atoms with van der Waals surface area (Å²) in [5, 5.41) is 5.80. The van der Waals surface area contributed by atoms with E-state index in [2.05, 4.69) is 10.6 Å². The molecule has 2 fully saturated rings. The van der Waals surface area contributed by atoms with Gasteiger partial charge >= 0.3 is 0 Å². The number of amides is 3. The molecule has 2 saturated heterocycles. The van der Waals surface area contributed by atoms with Crippen LogP contribution in [0.25, 0.3) is 0 Å². The summed E-state index contributed by atoms with van der Waals surface area (Å²) in [4.78, 5) is 40.1. The predicted octanol–water partition coefficient (Wildman–Crippen LogP) is 1.88. The van der Waals surface area contributed by atoms with Crippen molar-refractivity contribution < 1.29 is 23.9 Å². The predicted molar refractivity (Wildman–Crippen MR) is 120 cm³/mol. The second kappa shape index (κ2) is 11.3. The Hall–Kier alpha value is -2.61. The summed E-state index contributed by atoms with van der Waals surface area (Å²) >= 11 is 0. The third-order valence-electron chi connectivity index (χ3n) is 6.35. The normalized spacial score (nSPS) is 25.0.